The molecule has 0 amide bonds. The summed E-state index contributed by atoms with van der Waals surface area (Å²) in [5.74, 6) is 1.40. The Morgan fingerprint density at radius 1 is 0.950 bits per heavy atom. The Morgan fingerprint density at radius 2 is 1.62 bits per heavy atom. The summed E-state index contributed by atoms with van der Waals surface area (Å²) in [4.78, 5) is 18.2. The zero-order valence-electron chi connectivity index (χ0n) is 27.0. The third kappa shape index (κ3) is 7.47. The van der Waals surface area contributed by atoms with Gasteiger partial charge in [-0.15, -0.1) is 0 Å². The molecule has 0 aliphatic heterocycles. The number of carbonyl (C=O) groups is 1. The summed E-state index contributed by atoms with van der Waals surface area (Å²) in [5, 5.41) is 1.02. The molecule has 0 spiro atoms. The number of pyridine rings is 1. The number of aromatic nitrogens is 1. The lowest BCUT2D eigenvalue weighted by Crippen LogP contribution is -2.47. The molecule has 0 saturated heterocycles. The molecular formula is C35H51NO4. The third-order valence-corrected chi connectivity index (χ3v) is 8.02. The molecule has 0 fully saturated rings. The van der Waals surface area contributed by atoms with Crippen molar-refractivity contribution in [2.75, 3.05) is 0 Å². The molecule has 0 N–H and O–H groups in total. The predicted octanol–water partition coefficient (Wildman–Crippen LogP) is 9.59. The molecule has 3 rings (SSSR count). The van der Waals surface area contributed by atoms with E-state index in [-0.39, 0.29) is 22.9 Å². The van der Waals surface area contributed by atoms with Crippen LogP contribution in [0.25, 0.3) is 22.3 Å². The van der Waals surface area contributed by atoms with Crippen LogP contribution in [0, 0.1) is 16.2 Å². The summed E-state index contributed by atoms with van der Waals surface area (Å²) < 4.78 is 18.8. The van der Waals surface area contributed by atoms with E-state index in [1.54, 1.807) is 0 Å². The van der Waals surface area contributed by atoms with Crippen molar-refractivity contribution in [3.63, 3.8) is 0 Å². The highest BCUT2D eigenvalue weighted by atomic mass is 16.6. The van der Waals surface area contributed by atoms with Gasteiger partial charge in [-0.1, -0.05) is 55.4 Å². The quantitative estimate of drug-likeness (QED) is 0.236. The standard InChI is InChI=1S/C35H51NO4/c1-13-24-17-26(14-2)36-21-28(24)30-18-25-15-16-27(19-29(25)39-30)38-23(3)20-34(10,11)40-31(37)35(12,33(7,8)9)22-32(4,5)6/h15-19,21,23H,13-14,20,22H2,1-12H3. The first kappa shape index (κ1) is 31.7. The van der Waals surface area contributed by atoms with Crippen molar-refractivity contribution in [3.05, 3.63) is 47.8 Å². The van der Waals surface area contributed by atoms with E-state index in [0.29, 0.717) is 6.42 Å². The Morgan fingerprint density at radius 3 is 2.20 bits per heavy atom. The maximum absolute atomic E-state index is 13.6. The van der Waals surface area contributed by atoms with Gasteiger partial charge in [0.15, 0.2) is 0 Å². The van der Waals surface area contributed by atoms with Gasteiger partial charge in [0.1, 0.15) is 22.7 Å². The highest BCUT2D eigenvalue weighted by Gasteiger charge is 2.49. The first-order valence-electron chi connectivity index (χ1n) is 14.8. The van der Waals surface area contributed by atoms with Crippen molar-refractivity contribution >= 4 is 16.9 Å². The summed E-state index contributed by atoms with van der Waals surface area (Å²) in [7, 11) is 0. The lowest BCUT2D eigenvalue weighted by atomic mass is 9.61. The van der Waals surface area contributed by atoms with E-state index in [1.807, 2.05) is 52.1 Å². The summed E-state index contributed by atoms with van der Waals surface area (Å²) in [6.07, 6.45) is 4.88. The second kappa shape index (κ2) is 11.6. The molecule has 0 aliphatic rings. The van der Waals surface area contributed by atoms with E-state index >= 15 is 0 Å². The SMILES string of the molecule is CCc1cc(CC)c(-c2cc3ccc(OC(C)CC(C)(C)OC(=O)C(C)(CC(C)(C)C)C(C)(C)C)cc3o2)cn1. The zero-order valence-corrected chi connectivity index (χ0v) is 27.0. The van der Waals surface area contributed by atoms with E-state index < -0.39 is 11.0 Å². The number of nitrogens with zero attached hydrogens (tertiary/aromatic N) is 1. The Kier molecular flexibility index (Phi) is 9.18. The molecule has 5 nitrogen and oxygen atoms in total. The summed E-state index contributed by atoms with van der Waals surface area (Å²) in [6.45, 7) is 25.1. The normalized spacial score (nSPS) is 15.1. The third-order valence-electron chi connectivity index (χ3n) is 8.02. The Bertz CT molecular complexity index is 1320. The van der Waals surface area contributed by atoms with Gasteiger partial charge in [0.25, 0.3) is 0 Å². The maximum atomic E-state index is 13.6. The average molecular weight is 550 g/mol. The number of carbonyl (C=O) groups excluding carboxylic acids is 1. The van der Waals surface area contributed by atoms with E-state index in [1.165, 1.54) is 5.56 Å². The Labute approximate surface area is 242 Å². The number of benzene rings is 1. The number of aryl methyl sites for hydroxylation is 2. The van der Waals surface area contributed by atoms with Gasteiger partial charge in [-0.2, -0.15) is 0 Å². The molecule has 2 aromatic heterocycles. The highest BCUT2D eigenvalue weighted by Crippen LogP contribution is 2.48. The van der Waals surface area contributed by atoms with Gasteiger partial charge < -0.3 is 13.9 Å². The van der Waals surface area contributed by atoms with E-state index in [0.717, 1.165) is 53.0 Å². The number of ether oxygens (including phenoxy) is 2. The van der Waals surface area contributed by atoms with Gasteiger partial charge in [0.05, 0.1) is 11.5 Å². The van der Waals surface area contributed by atoms with Crippen molar-refractivity contribution in [2.45, 2.75) is 120 Å². The van der Waals surface area contributed by atoms with Crippen molar-refractivity contribution in [1.29, 1.82) is 0 Å². The summed E-state index contributed by atoms with van der Waals surface area (Å²) in [5.41, 5.74) is 2.60. The lowest BCUT2D eigenvalue weighted by molar-refractivity contribution is -0.180. The van der Waals surface area contributed by atoms with Gasteiger partial charge in [-0.25, -0.2) is 0 Å². The molecule has 0 saturated carbocycles. The van der Waals surface area contributed by atoms with Crippen LogP contribution in [0.1, 0.15) is 107 Å². The molecule has 5 heteroatoms. The van der Waals surface area contributed by atoms with Crippen molar-refractivity contribution in [2.24, 2.45) is 16.2 Å². The fraction of sp³-hybridized carbons (Fsp3) is 0.600. The molecule has 1 aromatic carbocycles. The maximum Gasteiger partial charge on any atom is 0.312 e. The number of hydrogen-bond acceptors (Lipinski definition) is 5. The van der Waals surface area contributed by atoms with Gasteiger partial charge in [-0.3, -0.25) is 9.78 Å². The van der Waals surface area contributed by atoms with E-state index in [2.05, 4.69) is 72.5 Å². The Hall–Kier alpha value is -2.82. The minimum atomic E-state index is -0.683. The van der Waals surface area contributed by atoms with Gasteiger partial charge >= 0.3 is 5.97 Å². The molecular weight excluding hydrogens is 498 g/mol. The molecule has 0 radical (unpaired) electrons. The second-order valence-electron chi connectivity index (χ2n) is 14.5. The van der Waals surface area contributed by atoms with E-state index in [9.17, 15) is 4.79 Å². The topological polar surface area (TPSA) is 61.6 Å². The van der Waals surface area contributed by atoms with Gasteiger partial charge in [-0.05, 0) is 87.6 Å². The van der Waals surface area contributed by atoms with Crippen molar-refractivity contribution in [3.8, 4) is 17.1 Å². The fourth-order valence-electron chi connectivity index (χ4n) is 5.55. The minimum absolute atomic E-state index is 0.000460. The number of esters is 1. The predicted molar refractivity (Wildman–Crippen MR) is 165 cm³/mol. The monoisotopic (exact) mass is 549 g/mol. The number of fused-ring (bicyclic) bond motifs is 1. The Balaban J connectivity index is 1.74. The molecule has 2 heterocycles. The molecule has 40 heavy (non-hydrogen) atoms. The largest absolute Gasteiger partial charge is 0.490 e. The van der Waals surface area contributed by atoms with Gasteiger partial charge in [0.2, 0.25) is 0 Å². The van der Waals surface area contributed by atoms with E-state index in [4.69, 9.17) is 13.9 Å². The van der Waals surface area contributed by atoms with Crippen LogP contribution in [0.3, 0.4) is 0 Å². The van der Waals surface area contributed by atoms with Crippen LogP contribution >= 0.6 is 0 Å². The lowest BCUT2D eigenvalue weighted by Gasteiger charge is -2.45. The van der Waals surface area contributed by atoms with Crippen LogP contribution in [-0.2, 0) is 22.4 Å². The van der Waals surface area contributed by atoms with Crippen LogP contribution in [0.4, 0.5) is 0 Å². The van der Waals surface area contributed by atoms with Crippen LogP contribution in [-0.4, -0.2) is 22.7 Å². The number of rotatable bonds is 10. The number of hydrogen-bond donors (Lipinski definition) is 0. The fourth-order valence-corrected chi connectivity index (χ4v) is 5.55. The first-order valence-corrected chi connectivity index (χ1v) is 14.8. The van der Waals surface area contributed by atoms with Crippen LogP contribution < -0.4 is 4.74 Å². The smallest absolute Gasteiger partial charge is 0.312 e. The molecule has 2 unspecified atom stereocenters. The molecule has 2 atom stereocenters. The summed E-state index contributed by atoms with van der Waals surface area (Å²) in [6, 6.07) is 10.2. The molecule has 0 aliphatic carbocycles. The second-order valence-corrected chi connectivity index (χ2v) is 14.5. The van der Waals surface area contributed by atoms with Crippen LogP contribution in [0.2, 0.25) is 0 Å². The van der Waals surface area contributed by atoms with Crippen molar-refractivity contribution < 1.29 is 18.7 Å². The average Bonchev–Trinajstić information content (AvgIpc) is 3.24. The molecule has 0 bridgehead atoms. The van der Waals surface area contributed by atoms with Crippen LogP contribution in [0.15, 0.2) is 40.9 Å². The first-order chi connectivity index (χ1) is 18.4. The van der Waals surface area contributed by atoms with Crippen molar-refractivity contribution in [1.82, 2.24) is 4.98 Å². The van der Waals surface area contributed by atoms with Gasteiger partial charge in [0, 0.05) is 35.3 Å². The molecule has 220 valence electrons. The number of furan rings is 1. The minimum Gasteiger partial charge on any atom is -0.490 e. The highest BCUT2D eigenvalue weighted by molar-refractivity contribution is 5.84. The molecule has 3 aromatic rings. The zero-order chi connectivity index (χ0) is 30.1. The van der Waals surface area contributed by atoms with Crippen LogP contribution in [0.5, 0.6) is 5.75 Å². The summed E-state index contributed by atoms with van der Waals surface area (Å²) >= 11 is 0.